The molecule has 12 rings (SSSR count). The standard InChI is InChI=1S/C53H31N3OS/c1-2-11-32(12-3-1)34-21-24-36(25-22-34)51-54-52(38-26-23-33-13-4-5-15-37(33)31-38)56-53(55-51)45-30-29-40(48-47(45)44-17-8-9-20-46(44)57-48)41-18-10-19-42-43-28-27-35-14-6-7-16-39(35)49(43)58-50(41)42/h1-31H. The maximum atomic E-state index is 6.86. The molecule has 12 aromatic rings. The fraction of sp³-hybridized carbons (Fsp3) is 0. The van der Waals surface area contributed by atoms with Crippen molar-refractivity contribution in [1.29, 1.82) is 0 Å². The lowest BCUT2D eigenvalue weighted by molar-refractivity contribution is 0.670. The molecule has 0 radical (unpaired) electrons. The molecule has 0 atom stereocenters. The maximum Gasteiger partial charge on any atom is 0.164 e. The number of benzene rings is 9. The van der Waals surface area contributed by atoms with Gasteiger partial charge in [0, 0.05) is 58.8 Å². The van der Waals surface area contributed by atoms with Crippen LogP contribution >= 0.6 is 11.3 Å². The molecule has 5 heteroatoms. The van der Waals surface area contributed by atoms with Gasteiger partial charge in [0.1, 0.15) is 11.2 Å². The SMILES string of the molecule is c1ccc(-c2ccc(-c3nc(-c4ccc5ccccc5c4)nc(-c4ccc(-c5cccc6c5sc5c7ccccc7ccc65)c5oc6ccccc6c45)n3)cc2)cc1. The lowest BCUT2D eigenvalue weighted by Crippen LogP contribution is -2.00. The van der Waals surface area contributed by atoms with Crippen LogP contribution in [0.2, 0.25) is 0 Å². The Bertz CT molecular complexity index is 3570. The van der Waals surface area contributed by atoms with E-state index in [9.17, 15) is 0 Å². The number of furan rings is 1. The Kier molecular flexibility index (Phi) is 7.37. The van der Waals surface area contributed by atoms with Crippen LogP contribution in [-0.4, -0.2) is 15.0 Å². The fourth-order valence-electron chi connectivity index (χ4n) is 8.49. The van der Waals surface area contributed by atoms with Crippen LogP contribution in [0, 0.1) is 0 Å². The van der Waals surface area contributed by atoms with Crippen molar-refractivity contribution in [2.45, 2.75) is 0 Å². The van der Waals surface area contributed by atoms with E-state index in [-0.39, 0.29) is 0 Å². The summed E-state index contributed by atoms with van der Waals surface area (Å²) in [6, 6.07) is 66.1. The van der Waals surface area contributed by atoms with Crippen LogP contribution in [0.1, 0.15) is 0 Å². The molecule has 0 spiro atoms. The van der Waals surface area contributed by atoms with E-state index >= 15 is 0 Å². The Morgan fingerprint density at radius 1 is 0.345 bits per heavy atom. The van der Waals surface area contributed by atoms with Gasteiger partial charge in [0.05, 0.1) is 0 Å². The molecule has 0 aliphatic heterocycles. The van der Waals surface area contributed by atoms with Gasteiger partial charge in [-0.3, -0.25) is 0 Å². The normalized spacial score (nSPS) is 11.8. The summed E-state index contributed by atoms with van der Waals surface area (Å²) in [5.41, 5.74) is 8.86. The van der Waals surface area contributed by atoms with Crippen LogP contribution in [0.15, 0.2) is 192 Å². The Morgan fingerprint density at radius 2 is 0.948 bits per heavy atom. The zero-order chi connectivity index (χ0) is 38.2. The molecule has 0 unspecified atom stereocenters. The Hall–Kier alpha value is -7.47. The first-order chi connectivity index (χ1) is 28.7. The van der Waals surface area contributed by atoms with Gasteiger partial charge in [-0.15, -0.1) is 11.3 Å². The van der Waals surface area contributed by atoms with Crippen LogP contribution in [0.25, 0.3) is 120 Å². The maximum absolute atomic E-state index is 6.86. The van der Waals surface area contributed by atoms with Crippen molar-refractivity contribution < 1.29 is 4.42 Å². The Balaban J connectivity index is 1.09. The molecule has 3 heterocycles. The van der Waals surface area contributed by atoms with E-state index in [1.54, 1.807) is 0 Å². The predicted molar refractivity (Wildman–Crippen MR) is 242 cm³/mol. The highest BCUT2D eigenvalue weighted by Gasteiger charge is 2.22. The summed E-state index contributed by atoms with van der Waals surface area (Å²) >= 11 is 1.85. The Morgan fingerprint density at radius 3 is 1.81 bits per heavy atom. The Labute approximate surface area is 337 Å². The highest BCUT2D eigenvalue weighted by atomic mass is 32.1. The molecule has 4 nitrogen and oxygen atoms in total. The van der Waals surface area contributed by atoms with Gasteiger partial charge in [-0.25, -0.2) is 15.0 Å². The van der Waals surface area contributed by atoms with Gasteiger partial charge in [0.2, 0.25) is 0 Å². The minimum Gasteiger partial charge on any atom is -0.455 e. The number of fused-ring (bicyclic) bond motifs is 9. The van der Waals surface area contributed by atoms with Gasteiger partial charge >= 0.3 is 0 Å². The summed E-state index contributed by atoms with van der Waals surface area (Å²) in [5.74, 6) is 1.82. The summed E-state index contributed by atoms with van der Waals surface area (Å²) in [6.45, 7) is 0. The zero-order valence-electron chi connectivity index (χ0n) is 31.1. The van der Waals surface area contributed by atoms with Gasteiger partial charge < -0.3 is 4.42 Å². The molecular weight excluding hydrogens is 727 g/mol. The molecule has 0 bridgehead atoms. The second-order valence-corrected chi connectivity index (χ2v) is 15.7. The smallest absolute Gasteiger partial charge is 0.164 e. The van der Waals surface area contributed by atoms with E-state index in [1.807, 2.05) is 29.5 Å². The minimum absolute atomic E-state index is 0.593. The summed E-state index contributed by atoms with van der Waals surface area (Å²) in [7, 11) is 0. The number of rotatable bonds is 5. The number of nitrogens with zero attached hydrogens (tertiary/aromatic N) is 3. The van der Waals surface area contributed by atoms with Crippen LogP contribution in [0.4, 0.5) is 0 Å². The zero-order valence-corrected chi connectivity index (χ0v) is 31.9. The van der Waals surface area contributed by atoms with Crippen LogP contribution in [0.3, 0.4) is 0 Å². The van der Waals surface area contributed by atoms with Gasteiger partial charge in [-0.2, -0.15) is 0 Å². The highest BCUT2D eigenvalue weighted by molar-refractivity contribution is 7.27. The van der Waals surface area contributed by atoms with Crippen molar-refractivity contribution in [2.24, 2.45) is 0 Å². The molecule has 0 saturated carbocycles. The second-order valence-electron chi connectivity index (χ2n) is 14.7. The third-order valence-corrected chi connectivity index (χ3v) is 12.6. The monoisotopic (exact) mass is 757 g/mol. The molecule has 0 fully saturated rings. The van der Waals surface area contributed by atoms with Crippen molar-refractivity contribution in [3.63, 3.8) is 0 Å². The first kappa shape index (κ1) is 32.7. The van der Waals surface area contributed by atoms with Crippen molar-refractivity contribution in [2.75, 3.05) is 0 Å². The topological polar surface area (TPSA) is 51.8 Å². The lowest BCUT2D eigenvalue weighted by Gasteiger charge is -2.12. The van der Waals surface area contributed by atoms with E-state index < -0.39 is 0 Å². The van der Waals surface area contributed by atoms with E-state index in [4.69, 9.17) is 19.4 Å². The first-order valence-corrected chi connectivity index (χ1v) is 20.2. The molecule has 9 aromatic carbocycles. The second kappa shape index (κ2) is 13.1. The fourth-order valence-corrected chi connectivity index (χ4v) is 9.85. The van der Waals surface area contributed by atoms with Crippen molar-refractivity contribution >= 4 is 75.0 Å². The molecule has 3 aromatic heterocycles. The van der Waals surface area contributed by atoms with E-state index in [0.29, 0.717) is 17.5 Å². The van der Waals surface area contributed by atoms with Gasteiger partial charge in [0.15, 0.2) is 17.5 Å². The minimum atomic E-state index is 0.593. The summed E-state index contributed by atoms with van der Waals surface area (Å²) in [5, 5.41) is 9.35. The van der Waals surface area contributed by atoms with Crippen LogP contribution in [-0.2, 0) is 0 Å². The van der Waals surface area contributed by atoms with Crippen molar-refractivity contribution in [3.05, 3.63) is 188 Å². The average Bonchev–Trinajstić information content (AvgIpc) is 3.89. The van der Waals surface area contributed by atoms with E-state index in [0.717, 1.165) is 66.3 Å². The third kappa shape index (κ3) is 5.25. The lowest BCUT2D eigenvalue weighted by atomic mass is 9.96. The first-order valence-electron chi connectivity index (χ1n) is 19.4. The molecular formula is C53H31N3OS. The summed E-state index contributed by atoms with van der Waals surface area (Å²) in [6.07, 6.45) is 0. The molecule has 270 valence electrons. The number of aromatic nitrogens is 3. The summed E-state index contributed by atoms with van der Waals surface area (Å²) < 4.78 is 9.40. The van der Waals surface area contributed by atoms with Crippen molar-refractivity contribution in [3.8, 4) is 56.4 Å². The van der Waals surface area contributed by atoms with Crippen LogP contribution in [0.5, 0.6) is 0 Å². The number of para-hydroxylation sites is 1. The van der Waals surface area contributed by atoms with Gasteiger partial charge in [-0.1, -0.05) is 164 Å². The average molecular weight is 758 g/mol. The van der Waals surface area contributed by atoms with Crippen molar-refractivity contribution in [1.82, 2.24) is 15.0 Å². The molecule has 0 saturated heterocycles. The van der Waals surface area contributed by atoms with Crippen LogP contribution < -0.4 is 0 Å². The molecule has 0 aliphatic carbocycles. The molecule has 58 heavy (non-hydrogen) atoms. The largest absolute Gasteiger partial charge is 0.455 e. The number of hydrogen-bond donors (Lipinski definition) is 0. The quantitative estimate of drug-likeness (QED) is 0.175. The third-order valence-electron chi connectivity index (χ3n) is 11.3. The van der Waals surface area contributed by atoms with E-state index in [2.05, 4.69) is 170 Å². The number of hydrogen-bond acceptors (Lipinski definition) is 5. The van der Waals surface area contributed by atoms with Gasteiger partial charge in [-0.05, 0) is 56.9 Å². The number of thiophene rings is 1. The molecule has 0 N–H and O–H groups in total. The predicted octanol–water partition coefficient (Wildman–Crippen LogP) is 14.8. The molecule has 0 amide bonds. The van der Waals surface area contributed by atoms with Gasteiger partial charge in [0.25, 0.3) is 0 Å². The van der Waals surface area contributed by atoms with E-state index in [1.165, 1.54) is 36.3 Å². The highest BCUT2D eigenvalue weighted by Crippen LogP contribution is 2.47. The molecule has 0 aliphatic rings. The summed E-state index contributed by atoms with van der Waals surface area (Å²) in [4.78, 5) is 15.6.